The lowest BCUT2D eigenvalue weighted by molar-refractivity contribution is 0.234. The molecule has 0 aliphatic carbocycles. The first kappa shape index (κ1) is 6.08. The highest BCUT2D eigenvalue weighted by Crippen LogP contribution is 1.95. The van der Waals surface area contributed by atoms with Crippen molar-refractivity contribution in [1.29, 1.82) is 0 Å². The van der Waals surface area contributed by atoms with Gasteiger partial charge >= 0.3 is 0 Å². The standard InChI is InChI=1S/C3H8F2Si/c1-6(2)3(4)5/h3,6H,1-2H3. The van der Waals surface area contributed by atoms with Crippen LogP contribution in [-0.4, -0.2) is 14.8 Å². The Morgan fingerprint density at radius 2 is 1.50 bits per heavy atom. The van der Waals surface area contributed by atoms with E-state index in [0.717, 1.165) is 0 Å². The molecule has 0 spiro atoms. The predicted molar refractivity (Wildman–Crippen MR) is 24.9 cm³/mol. The van der Waals surface area contributed by atoms with E-state index in [2.05, 4.69) is 0 Å². The second-order valence-electron chi connectivity index (χ2n) is 1.58. The van der Waals surface area contributed by atoms with Crippen LogP contribution in [0.4, 0.5) is 8.78 Å². The minimum absolute atomic E-state index is 1.58. The molecule has 0 heterocycles. The Morgan fingerprint density at radius 3 is 1.50 bits per heavy atom. The third-order valence-corrected chi connectivity index (χ3v) is 1.51. The molecular weight excluding hydrogens is 102 g/mol. The molecule has 0 amide bonds. The van der Waals surface area contributed by atoms with E-state index < -0.39 is 14.8 Å². The summed E-state index contributed by atoms with van der Waals surface area (Å²) in [5, 5.41) is 0. The maximum absolute atomic E-state index is 11.2. The average molecular weight is 110 g/mol. The van der Waals surface area contributed by atoms with E-state index in [4.69, 9.17) is 0 Å². The van der Waals surface area contributed by atoms with Crippen LogP contribution in [0.15, 0.2) is 0 Å². The van der Waals surface area contributed by atoms with Crippen LogP contribution < -0.4 is 0 Å². The van der Waals surface area contributed by atoms with E-state index in [1.165, 1.54) is 0 Å². The van der Waals surface area contributed by atoms with Gasteiger partial charge in [-0.2, -0.15) is 0 Å². The van der Waals surface area contributed by atoms with Crippen molar-refractivity contribution in [3.05, 3.63) is 0 Å². The number of halogens is 2. The fourth-order valence-electron chi connectivity index (χ4n) is 0. The maximum Gasteiger partial charge on any atom is 0.217 e. The van der Waals surface area contributed by atoms with Crippen molar-refractivity contribution in [1.82, 2.24) is 0 Å². The largest absolute Gasteiger partial charge is 0.217 e. The summed E-state index contributed by atoms with van der Waals surface area (Å²) in [6.45, 7) is 3.26. The van der Waals surface area contributed by atoms with Gasteiger partial charge in [0.05, 0.1) is 0 Å². The molecule has 0 saturated carbocycles. The summed E-state index contributed by atoms with van der Waals surface area (Å²) in [5.74, 6) is 0. The van der Waals surface area contributed by atoms with E-state index in [1.54, 1.807) is 13.1 Å². The van der Waals surface area contributed by atoms with Crippen LogP contribution in [0.25, 0.3) is 0 Å². The summed E-state index contributed by atoms with van der Waals surface area (Å²) in [5.41, 5.74) is 0. The van der Waals surface area contributed by atoms with Crippen LogP contribution in [-0.2, 0) is 0 Å². The average Bonchev–Trinajstić information content (AvgIpc) is 1.36. The highest BCUT2D eigenvalue weighted by atomic mass is 28.3. The zero-order chi connectivity index (χ0) is 5.15. The zero-order valence-corrected chi connectivity index (χ0v) is 5.07. The van der Waals surface area contributed by atoms with Gasteiger partial charge in [0, 0.05) is 0 Å². The fourth-order valence-corrected chi connectivity index (χ4v) is 0. The normalized spacial score (nSPS) is 11.0. The summed E-state index contributed by atoms with van der Waals surface area (Å²) in [7, 11) is -1.58. The first-order valence-electron chi connectivity index (χ1n) is 1.92. The lowest BCUT2D eigenvalue weighted by Gasteiger charge is -1.94. The molecule has 0 fully saturated rings. The summed E-state index contributed by atoms with van der Waals surface area (Å²) < 4.78 is 22.4. The number of hydrogen-bond acceptors (Lipinski definition) is 0. The maximum atomic E-state index is 11.2. The Bertz CT molecular complexity index is 29.8. The molecule has 0 unspecified atom stereocenters. The van der Waals surface area contributed by atoms with Gasteiger partial charge in [-0.25, -0.2) is 8.78 Å². The lowest BCUT2D eigenvalue weighted by atomic mass is 11.6. The number of rotatable bonds is 1. The van der Waals surface area contributed by atoms with E-state index >= 15 is 0 Å². The third-order valence-electron chi connectivity index (χ3n) is 0.504. The Labute approximate surface area is 37.8 Å². The monoisotopic (exact) mass is 110 g/mol. The molecule has 0 atom stereocenters. The topological polar surface area (TPSA) is 0 Å². The zero-order valence-electron chi connectivity index (χ0n) is 3.91. The summed E-state index contributed by atoms with van der Waals surface area (Å²) >= 11 is 0. The van der Waals surface area contributed by atoms with Gasteiger partial charge < -0.3 is 0 Å². The molecule has 6 heavy (non-hydrogen) atoms. The molecule has 0 bridgehead atoms. The van der Waals surface area contributed by atoms with Gasteiger partial charge in [0.1, 0.15) is 8.80 Å². The lowest BCUT2D eigenvalue weighted by Crippen LogP contribution is -2.12. The fraction of sp³-hybridized carbons (Fsp3) is 1.00. The van der Waals surface area contributed by atoms with Crippen molar-refractivity contribution in [2.24, 2.45) is 0 Å². The SMILES string of the molecule is C[SiH](C)C(F)F. The molecule has 3 heteroatoms. The molecule has 0 aliphatic heterocycles. The van der Waals surface area contributed by atoms with Gasteiger partial charge in [0.2, 0.25) is 6.05 Å². The third kappa shape index (κ3) is 2.32. The molecule has 0 N–H and O–H groups in total. The molecule has 0 nitrogen and oxygen atoms in total. The first-order valence-corrected chi connectivity index (χ1v) is 4.90. The minimum atomic E-state index is -2.01. The van der Waals surface area contributed by atoms with Crippen molar-refractivity contribution in [3.63, 3.8) is 0 Å². The molecule has 0 aromatic heterocycles. The van der Waals surface area contributed by atoms with Gasteiger partial charge in [0.15, 0.2) is 0 Å². The van der Waals surface area contributed by atoms with Crippen molar-refractivity contribution < 1.29 is 8.78 Å². The second-order valence-corrected chi connectivity index (χ2v) is 4.57. The van der Waals surface area contributed by atoms with Crippen LogP contribution in [0.1, 0.15) is 0 Å². The Kier molecular flexibility index (Phi) is 2.31. The van der Waals surface area contributed by atoms with Crippen molar-refractivity contribution in [3.8, 4) is 0 Å². The van der Waals surface area contributed by atoms with Crippen LogP contribution in [0.2, 0.25) is 13.1 Å². The molecule has 0 aliphatic rings. The van der Waals surface area contributed by atoms with Crippen LogP contribution in [0, 0.1) is 0 Å². The molecule has 0 aromatic rings. The van der Waals surface area contributed by atoms with Crippen molar-refractivity contribution in [2.45, 2.75) is 19.1 Å². The first-order chi connectivity index (χ1) is 2.64. The molecule has 0 radical (unpaired) electrons. The van der Waals surface area contributed by atoms with Crippen molar-refractivity contribution >= 4 is 8.80 Å². The highest BCUT2D eigenvalue weighted by Gasteiger charge is 2.07. The Balaban J connectivity index is 2.99. The van der Waals surface area contributed by atoms with Crippen molar-refractivity contribution in [2.75, 3.05) is 0 Å². The minimum Gasteiger partial charge on any atom is -0.216 e. The van der Waals surface area contributed by atoms with Crippen LogP contribution in [0.3, 0.4) is 0 Å². The van der Waals surface area contributed by atoms with E-state index in [0.29, 0.717) is 0 Å². The summed E-state index contributed by atoms with van der Waals surface area (Å²) in [6.07, 6.45) is 0. The van der Waals surface area contributed by atoms with Gasteiger partial charge in [-0.3, -0.25) is 0 Å². The van der Waals surface area contributed by atoms with Gasteiger partial charge in [-0.1, -0.05) is 13.1 Å². The predicted octanol–water partition coefficient (Wildman–Crippen LogP) is 1.28. The smallest absolute Gasteiger partial charge is 0.216 e. The summed E-state index contributed by atoms with van der Waals surface area (Å²) in [4.78, 5) is 0. The van der Waals surface area contributed by atoms with Crippen LogP contribution >= 0.6 is 0 Å². The van der Waals surface area contributed by atoms with Gasteiger partial charge in [-0.05, 0) is 0 Å². The molecular formula is C3H8F2Si. The molecule has 0 rings (SSSR count). The Hall–Kier alpha value is 0.0769. The molecule has 0 aromatic carbocycles. The van der Waals surface area contributed by atoms with E-state index in [1.807, 2.05) is 0 Å². The van der Waals surface area contributed by atoms with Crippen LogP contribution in [0.5, 0.6) is 0 Å². The molecule has 0 saturated heterocycles. The van der Waals surface area contributed by atoms with E-state index in [9.17, 15) is 8.78 Å². The summed E-state index contributed by atoms with van der Waals surface area (Å²) in [6, 6.07) is -2.01. The molecule has 38 valence electrons. The number of hydrogen-bond donors (Lipinski definition) is 0. The Morgan fingerprint density at radius 1 is 1.33 bits per heavy atom. The van der Waals surface area contributed by atoms with E-state index in [-0.39, 0.29) is 0 Å². The van der Waals surface area contributed by atoms with Gasteiger partial charge in [-0.15, -0.1) is 0 Å². The quantitative estimate of drug-likeness (QED) is 0.446. The second kappa shape index (κ2) is 2.29. The number of alkyl halides is 2. The van der Waals surface area contributed by atoms with Gasteiger partial charge in [0.25, 0.3) is 0 Å². The highest BCUT2D eigenvalue weighted by molar-refractivity contribution is 6.56.